The molecule has 0 amide bonds. The summed E-state index contributed by atoms with van der Waals surface area (Å²) < 4.78 is 0. The minimum atomic E-state index is -0.310. The highest BCUT2D eigenvalue weighted by molar-refractivity contribution is 5.35. The lowest BCUT2D eigenvalue weighted by Gasteiger charge is -2.31. The molecule has 1 fully saturated rings. The monoisotopic (exact) mass is 290 g/mol. The lowest BCUT2D eigenvalue weighted by atomic mass is 9.86. The average molecular weight is 290 g/mol. The molecule has 1 N–H and O–H groups in total. The summed E-state index contributed by atoms with van der Waals surface area (Å²) in [6.45, 7) is 4.48. The second kappa shape index (κ2) is 7.55. The molecule has 1 aromatic rings. The van der Waals surface area contributed by atoms with Crippen molar-refractivity contribution in [2.45, 2.75) is 64.5 Å². The molecule has 1 saturated carbocycles. The van der Waals surface area contributed by atoms with Gasteiger partial charge in [-0.3, -0.25) is 10.1 Å². The molecule has 0 aliphatic heterocycles. The van der Waals surface area contributed by atoms with Gasteiger partial charge in [0.25, 0.3) is 5.69 Å². The number of nitrogens with one attached hydrogen (secondary N) is 1. The van der Waals surface area contributed by atoms with Crippen LogP contribution in [0.25, 0.3) is 0 Å². The maximum absolute atomic E-state index is 11.0. The predicted molar refractivity (Wildman–Crippen MR) is 85.3 cm³/mol. The third-order valence-corrected chi connectivity index (χ3v) is 4.43. The van der Waals surface area contributed by atoms with E-state index in [1.807, 2.05) is 6.07 Å². The number of nitro groups is 1. The van der Waals surface area contributed by atoms with Crippen LogP contribution in [-0.4, -0.2) is 11.0 Å². The molecule has 4 nitrogen and oxygen atoms in total. The fourth-order valence-electron chi connectivity index (χ4n) is 3.36. The molecule has 21 heavy (non-hydrogen) atoms. The summed E-state index contributed by atoms with van der Waals surface area (Å²) in [7, 11) is 0. The number of nitro benzene ring substituents is 1. The molecule has 0 saturated heterocycles. The highest BCUT2D eigenvalue weighted by Gasteiger charge is 2.22. The van der Waals surface area contributed by atoms with E-state index in [9.17, 15) is 10.1 Å². The number of hydrogen-bond acceptors (Lipinski definition) is 3. The summed E-state index contributed by atoms with van der Waals surface area (Å²) >= 11 is 0. The molecule has 1 aromatic carbocycles. The van der Waals surface area contributed by atoms with Gasteiger partial charge in [-0.15, -0.1) is 0 Å². The Kier molecular flexibility index (Phi) is 5.74. The molecule has 4 heteroatoms. The van der Waals surface area contributed by atoms with Crippen LogP contribution in [-0.2, 0) is 0 Å². The number of non-ortho nitro benzene ring substituents is 1. The zero-order chi connectivity index (χ0) is 15.2. The van der Waals surface area contributed by atoms with Gasteiger partial charge in [0.05, 0.1) is 4.92 Å². The Morgan fingerprint density at radius 3 is 2.90 bits per heavy atom. The van der Waals surface area contributed by atoms with E-state index in [0.29, 0.717) is 6.04 Å². The van der Waals surface area contributed by atoms with E-state index >= 15 is 0 Å². The maximum Gasteiger partial charge on any atom is 0.269 e. The van der Waals surface area contributed by atoms with Gasteiger partial charge in [-0.1, -0.05) is 45.2 Å². The number of hydrogen-bond donors (Lipinski definition) is 1. The summed E-state index contributed by atoms with van der Waals surface area (Å²) in [4.78, 5) is 10.6. The van der Waals surface area contributed by atoms with Crippen molar-refractivity contribution in [1.29, 1.82) is 0 Å². The van der Waals surface area contributed by atoms with E-state index in [1.165, 1.54) is 25.7 Å². The second-order valence-electron chi connectivity index (χ2n) is 6.33. The molecule has 3 unspecified atom stereocenters. The summed E-state index contributed by atoms with van der Waals surface area (Å²) in [5.74, 6) is 0.781. The van der Waals surface area contributed by atoms with Crippen LogP contribution in [0.15, 0.2) is 24.3 Å². The highest BCUT2D eigenvalue weighted by Crippen LogP contribution is 2.28. The first-order chi connectivity index (χ1) is 10.1. The van der Waals surface area contributed by atoms with Gasteiger partial charge in [0, 0.05) is 24.2 Å². The van der Waals surface area contributed by atoms with Gasteiger partial charge < -0.3 is 5.32 Å². The first-order valence-electron chi connectivity index (χ1n) is 8.10. The first-order valence-corrected chi connectivity index (χ1v) is 8.10. The minimum absolute atomic E-state index is 0.187. The summed E-state index contributed by atoms with van der Waals surface area (Å²) in [5, 5.41) is 14.7. The standard InChI is InChI=1S/C17H26N2O2/c1-3-6-17(18-15-9-4-7-13(2)11-15)14-8-5-10-16(12-14)19(20)21/h5,8,10,12-13,15,17-18H,3-4,6-7,9,11H2,1-2H3. The van der Waals surface area contributed by atoms with Crippen molar-refractivity contribution in [1.82, 2.24) is 5.32 Å². The van der Waals surface area contributed by atoms with Gasteiger partial charge in [0.15, 0.2) is 0 Å². The Morgan fingerprint density at radius 2 is 2.24 bits per heavy atom. The first kappa shape index (κ1) is 16.0. The van der Waals surface area contributed by atoms with Crippen molar-refractivity contribution in [3.8, 4) is 0 Å². The number of nitrogens with zero attached hydrogens (tertiary/aromatic N) is 1. The molecule has 0 bridgehead atoms. The van der Waals surface area contributed by atoms with E-state index in [-0.39, 0.29) is 16.7 Å². The summed E-state index contributed by atoms with van der Waals surface area (Å²) in [6.07, 6.45) is 7.14. The Morgan fingerprint density at radius 1 is 1.43 bits per heavy atom. The van der Waals surface area contributed by atoms with Crippen LogP contribution >= 0.6 is 0 Å². The number of rotatable bonds is 6. The van der Waals surface area contributed by atoms with Crippen molar-refractivity contribution >= 4 is 5.69 Å². The van der Waals surface area contributed by atoms with Gasteiger partial charge in [0.1, 0.15) is 0 Å². The van der Waals surface area contributed by atoms with Crippen LogP contribution in [0.1, 0.15) is 64.0 Å². The van der Waals surface area contributed by atoms with Crippen LogP contribution in [0.3, 0.4) is 0 Å². The molecular formula is C17H26N2O2. The summed E-state index contributed by atoms with van der Waals surface area (Å²) in [5.41, 5.74) is 1.23. The van der Waals surface area contributed by atoms with E-state index in [4.69, 9.17) is 0 Å². The third kappa shape index (κ3) is 4.53. The SMILES string of the molecule is CCCC(NC1CCCC(C)C1)c1cccc([N+](=O)[O-])c1. The van der Waals surface area contributed by atoms with Crippen LogP contribution < -0.4 is 5.32 Å². The molecule has 0 aromatic heterocycles. The number of benzene rings is 1. The normalized spacial score (nSPS) is 23.7. The van der Waals surface area contributed by atoms with Gasteiger partial charge in [-0.25, -0.2) is 0 Å². The van der Waals surface area contributed by atoms with E-state index in [2.05, 4.69) is 19.2 Å². The minimum Gasteiger partial charge on any atom is -0.307 e. The average Bonchev–Trinajstić information content (AvgIpc) is 2.47. The maximum atomic E-state index is 11.0. The van der Waals surface area contributed by atoms with E-state index < -0.39 is 0 Å². The van der Waals surface area contributed by atoms with E-state index in [1.54, 1.807) is 18.2 Å². The van der Waals surface area contributed by atoms with Crippen LogP contribution in [0.5, 0.6) is 0 Å². The Bertz CT molecular complexity index is 476. The quantitative estimate of drug-likeness (QED) is 0.615. The van der Waals surface area contributed by atoms with Crippen molar-refractivity contribution in [3.63, 3.8) is 0 Å². The van der Waals surface area contributed by atoms with Gasteiger partial charge >= 0.3 is 0 Å². The Balaban J connectivity index is 2.10. The third-order valence-electron chi connectivity index (χ3n) is 4.43. The Hall–Kier alpha value is -1.42. The zero-order valence-electron chi connectivity index (χ0n) is 13.0. The van der Waals surface area contributed by atoms with Crippen LogP contribution in [0.4, 0.5) is 5.69 Å². The fraction of sp³-hybridized carbons (Fsp3) is 0.647. The smallest absolute Gasteiger partial charge is 0.269 e. The molecule has 116 valence electrons. The van der Waals surface area contributed by atoms with Gasteiger partial charge in [0.2, 0.25) is 0 Å². The molecule has 0 radical (unpaired) electrons. The van der Waals surface area contributed by atoms with Crippen molar-refractivity contribution in [2.75, 3.05) is 0 Å². The highest BCUT2D eigenvalue weighted by atomic mass is 16.6. The molecular weight excluding hydrogens is 264 g/mol. The Labute approximate surface area is 127 Å². The van der Waals surface area contributed by atoms with Crippen LogP contribution in [0.2, 0.25) is 0 Å². The van der Waals surface area contributed by atoms with Crippen molar-refractivity contribution in [2.24, 2.45) is 5.92 Å². The van der Waals surface area contributed by atoms with Gasteiger partial charge in [-0.05, 0) is 30.7 Å². The molecule has 1 aliphatic carbocycles. The van der Waals surface area contributed by atoms with Gasteiger partial charge in [-0.2, -0.15) is 0 Å². The molecule has 0 heterocycles. The van der Waals surface area contributed by atoms with Crippen molar-refractivity contribution < 1.29 is 4.92 Å². The second-order valence-corrected chi connectivity index (χ2v) is 6.33. The molecule has 2 rings (SSSR count). The largest absolute Gasteiger partial charge is 0.307 e. The van der Waals surface area contributed by atoms with E-state index in [0.717, 1.165) is 24.3 Å². The lowest BCUT2D eigenvalue weighted by molar-refractivity contribution is -0.384. The summed E-state index contributed by atoms with van der Waals surface area (Å²) in [6, 6.07) is 7.86. The van der Waals surface area contributed by atoms with Crippen molar-refractivity contribution in [3.05, 3.63) is 39.9 Å². The fourth-order valence-corrected chi connectivity index (χ4v) is 3.36. The zero-order valence-corrected chi connectivity index (χ0v) is 13.0. The predicted octanol–water partition coefficient (Wildman–Crippen LogP) is 4.60. The molecule has 1 aliphatic rings. The van der Waals surface area contributed by atoms with Crippen LogP contribution in [0, 0.1) is 16.0 Å². The lowest BCUT2D eigenvalue weighted by Crippen LogP contribution is -2.36. The molecule has 3 atom stereocenters. The molecule has 0 spiro atoms. The topological polar surface area (TPSA) is 55.2 Å².